The van der Waals surface area contributed by atoms with Crippen LogP contribution in [0.1, 0.15) is 11.4 Å². The van der Waals surface area contributed by atoms with E-state index >= 15 is 0 Å². The van der Waals surface area contributed by atoms with Crippen molar-refractivity contribution in [3.63, 3.8) is 0 Å². The molecule has 4 aromatic rings. The summed E-state index contributed by atoms with van der Waals surface area (Å²) in [4.78, 5) is 17.5. The molecule has 4 rings (SSSR count). The molecule has 5 nitrogen and oxygen atoms in total. The molecule has 0 radical (unpaired) electrons. The van der Waals surface area contributed by atoms with Gasteiger partial charge in [-0.15, -0.1) is 0 Å². The highest BCUT2D eigenvalue weighted by Gasteiger charge is 2.11. The van der Waals surface area contributed by atoms with Gasteiger partial charge in [-0.2, -0.15) is 9.78 Å². The van der Waals surface area contributed by atoms with Crippen LogP contribution in [0.4, 0.5) is 0 Å². The first kappa shape index (κ1) is 16.7. The van der Waals surface area contributed by atoms with E-state index in [1.807, 2.05) is 78.9 Å². The number of para-hydroxylation sites is 2. The molecule has 0 bridgehead atoms. The molecule has 132 valence electrons. The van der Waals surface area contributed by atoms with E-state index in [0.29, 0.717) is 22.5 Å². The maximum absolute atomic E-state index is 12.9. The summed E-state index contributed by atoms with van der Waals surface area (Å²) in [5, 5.41) is 4.89. The minimum Gasteiger partial charge on any atom is -0.486 e. The molecule has 0 saturated carbocycles. The normalized spacial score (nSPS) is 11.1. The van der Waals surface area contributed by atoms with E-state index in [0.717, 1.165) is 5.56 Å². The van der Waals surface area contributed by atoms with Gasteiger partial charge in [0.2, 0.25) is 0 Å². The summed E-state index contributed by atoms with van der Waals surface area (Å²) in [6, 6.07) is 26.3. The minimum absolute atomic E-state index is 0.135. The van der Waals surface area contributed by atoms with Gasteiger partial charge in [-0.3, -0.25) is 4.79 Å². The third kappa shape index (κ3) is 3.77. The van der Waals surface area contributed by atoms with Crippen LogP contribution in [0.3, 0.4) is 0 Å². The Balaban J connectivity index is 1.75. The number of hydrogen-bond acceptors (Lipinski definition) is 4. The highest BCUT2D eigenvalue weighted by Crippen LogP contribution is 2.13. The summed E-state index contributed by atoms with van der Waals surface area (Å²) in [6.07, 6.45) is 1.64. The van der Waals surface area contributed by atoms with Gasteiger partial charge in [0.05, 0.1) is 17.1 Å². The molecule has 1 aromatic heterocycles. The van der Waals surface area contributed by atoms with Crippen molar-refractivity contribution >= 4 is 17.1 Å². The summed E-state index contributed by atoms with van der Waals surface area (Å²) in [5.41, 5.74) is 1.30. The van der Waals surface area contributed by atoms with E-state index in [2.05, 4.69) is 10.1 Å². The molecule has 0 fully saturated rings. The topological polar surface area (TPSA) is 56.5 Å². The fourth-order valence-corrected chi connectivity index (χ4v) is 2.71. The molecule has 0 aliphatic heterocycles. The predicted octanol–water partition coefficient (Wildman–Crippen LogP) is 3.86. The zero-order valence-corrected chi connectivity index (χ0v) is 14.5. The number of aromatic nitrogens is 2. The van der Waals surface area contributed by atoms with E-state index in [-0.39, 0.29) is 12.2 Å². The summed E-state index contributed by atoms with van der Waals surface area (Å²) in [5.74, 6) is 1.15. The summed E-state index contributed by atoms with van der Waals surface area (Å²) in [7, 11) is 0. The zero-order valence-electron chi connectivity index (χ0n) is 14.5. The molecular weight excluding hydrogens is 338 g/mol. The summed E-state index contributed by atoms with van der Waals surface area (Å²) in [6.45, 7) is 0.135. The van der Waals surface area contributed by atoms with Crippen LogP contribution in [-0.2, 0) is 6.61 Å². The van der Waals surface area contributed by atoms with Gasteiger partial charge < -0.3 is 4.74 Å². The van der Waals surface area contributed by atoms with Crippen molar-refractivity contribution in [1.29, 1.82) is 0 Å². The van der Waals surface area contributed by atoms with Crippen LogP contribution < -0.4 is 10.3 Å². The first-order valence-corrected chi connectivity index (χ1v) is 8.59. The number of fused-ring (bicyclic) bond motifs is 1. The smallest absolute Gasteiger partial charge is 0.282 e. The van der Waals surface area contributed by atoms with Gasteiger partial charge in [-0.1, -0.05) is 60.7 Å². The third-order valence-electron chi connectivity index (χ3n) is 4.05. The quantitative estimate of drug-likeness (QED) is 0.511. The molecule has 0 N–H and O–H groups in total. The molecule has 27 heavy (non-hydrogen) atoms. The largest absolute Gasteiger partial charge is 0.486 e. The number of benzene rings is 3. The first-order chi connectivity index (χ1) is 13.3. The SMILES string of the molecule is O=c1c2ccccc2nc(COc2ccccc2)n1/N=C\c1ccccc1. The Bertz CT molecular complexity index is 1140. The van der Waals surface area contributed by atoms with E-state index in [9.17, 15) is 4.79 Å². The van der Waals surface area contributed by atoms with E-state index in [4.69, 9.17) is 4.74 Å². The standard InChI is InChI=1S/C22H17N3O2/c26-22-19-13-7-8-14-20(19)24-21(16-27-18-11-5-2-6-12-18)25(22)23-15-17-9-3-1-4-10-17/h1-15H,16H2/b23-15-. The van der Waals surface area contributed by atoms with Crippen LogP contribution in [0, 0.1) is 0 Å². The second-order valence-corrected chi connectivity index (χ2v) is 5.92. The van der Waals surface area contributed by atoms with E-state index in [1.165, 1.54) is 4.68 Å². The fraction of sp³-hybridized carbons (Fsp3) is 0.0455. The highest BCUT2D eigenvalue weighted by molar-refractivity contribution is 5.80. The molecule has 0 saturated heterocycles. The lowest BCUT2D eigenvalue weighted by Crippen LogP contribution is -2.23. The van der Waals surface area contributed by atoms with Crippen LogP contribution in [0.5, 0.6) is 5.75 Å². The molecule has 0 atom stereocenters. The van der Waals surface area contributed by atoms with Crippen molar-refractivity contribution in [3.05, 3.63) is 107 Å². The minimum atomic E-state index is -0.223. The molecular formula is C22H17N3O2. The lowest BCUT2D eigenvalue weighted by atomic mass is 10.2. The monoisotopic (exact) mass is 355 g/mol. The van der Waals surface area contributed by atoms with E-state index in [1.54, 1.807) is 12.3 Å². The van der Waals surface area contributed by atoms with Crippen LogP contribution in [0.15, 0.2) is 94.8 Å². The maximum Gasteiger partial charge on any atom is 0.282 e. The maximum atomic E-state index is 12.9. The van der Waals surface area contributed by atoms with Crippen molar-refractivity contribution in [1.82, 2.24) is 9.66 Å². The number of rotatable bonds is 5. The van der Waals surface area contributed by atoms with Gasteiger partial charge in [0.1, 0.15) is 12.4 Å². The van der Waals surface area contributed by atoms with Gasteiger partial charge in [-0.25, -0.2) is 4.98 Å². The molecule has 0 unspecified atom stereocenters. The van der Waals surface area contributed by atoms with Crippen LogP contribution >= 0.6 is 0 Å². The van der Waals surface area contributed by atoms with Crippen molar-refractivity contribution in [2.24, 2.45) is 5.10 Å². The van der Waals surface area contributed by atoms with Gasteiger partial charge in [0, 0.05) is 0 Å². The fourth-order valence-electron chi connectivity index (χ4n) is 2.71. The number of ether oxygens (including phenoxy) is 1. The average molecular weight is 355 g/mol. The Morgan fingerprint density at radius 1 is 0.889 bits per heavy atom. The van der Waals surface area contributed by atoms with Crippen LogP contribution in [0.25, 0.3) is 10.9 Å². The predicted molar refractivity (Wildman–Crippen MR) is 106 cm³/mol. The Hall–Kier alpha value is -3.73. The van der Waals surface area contributed by atoms with Crippen molar-refractivity contribution in [2.75, 3.05) is 0 Å². The summed E-state index contributed by atoms with van der Waals surface area (Å²) >= 11 is 0. The van der Waals surface area contributed by atoms with Crippen molar-refractivity contribution < 1.29 is 4.74 Å². The lowest BCUT2D eigenvalue weighted by Gasteiger charge is -2.10. The Morgan fingerprint density at radius 3 is 2.33 bits per heavy atom. The Kier molecular flexibility index (Phi) is 4.74. The third-order valence-corrected chi connectivity index (χ3v) is 4.05. The molecule has 5 heteroatoms. The number of hydrogen-bond donors (Lipinski definition) is 0. The highest BCUT2D eigenvalue weighted by atomic mass is 16.5. The van der Waals surface area contributed by atoms with Crippen LogP contribution in [-0.4, -0.2) is 15.9 Å². The molecule has 0 aliphatic rings. The molecule has 0 amide bonds. The van der Waals surface area contributed by atoms with Gasteiger partial charge in [0.25, 0.3) is 5.56 Å². The molecule has 0 spiro atoms. The number of nitrogens with zero attached hydrogens (tertiary/aromatic N) is 3. The first-order valence-electron chi connectivity index (χ1n) is 8.59. The molecule has 3 aromatic carbocycles. The molecule has 0 aliphatic carbocycles. The van der Waals surface area contributed by atoms with Gasteiger partial charge in [-0.05, 0) is 29.8 Å². The van der Waals surface area contributed by atoms with Gasteiger partial charge in [0.15, 0.2) is 5.82 Å². The van der Waals surface area contributed by atoms with Crippen molar-refractivity contribution in [2.45, 2.75) is 6.61 Å². The second kappa shape index (κ2) is 7.66. The second-order valence-electron chi connectivity index (χ2n) is 5.92. The average Bonchev–Trinajstić information content (AvgIpc) is 2.73. The lowest BCUT2D eigenvalue weighted by molar-refractivity contribution is 0.289. The molecule has 1 heterocycles. The summed E-state index contributed by atoms with van der Waals surface area (Å²) < 4.78 is 7.10. The van der Waals surface area contributed by atoms with Gasteiger partial charge >= 0.3 is 0 Å². The Labute approximate surface area is 156 Å². The Morgan fingerprint density at radius 2 is 1.56 bits per heavy atom. The van der Waals surface area contributed by atoms with Crippen molar-refractivity contribution in [3.8, 4) is 5.75 Å². The zero-order chi connectivity index (χ0) is 18.5. The van der Waals surface area contributed by atoms with Crippen LogP contribution in [0.2, 0.25) is 0 Å². The van der Waals surface area contributed by atoms with E-state index < -0.39 is 0 Å².